The summed E-state index contributed by atoms with van der Waals surface area (Å²) in [6, 6.07) is -0.592. The van der Waals surface area contributed by atoms with E-state index in [1.807, 2.05) is 0 Å². The number of urea groups is 1. The van der Waals surface area contributed by atoms with Gasteiger partial charge in [0.05, 0.1) is 55.3 Å². The van der Waals surface area contributed by atoms with Crippen molar-refractivity contribution in [2.75, 3.05) is 19.7 Å². The first kappa shape index (κ1) is 25.5. The summed E-state index contributed by atoms with van der Waals surface area (Å²) in [7, 11) is 0. The Balaban J connectivity index is 1.55. The van der Waals surface area contributed by atoms with Crippen molar-refractivity contribution in [3.8, 4) is 0 Å². The lowest BCUT2D eigenvalue weighted by Gasteiger charge is -2.38. The smallest absolute Gasteiger partial charge is 0.376 e. The fourth-order valence-corrected chi connectivity index (χ4v) is 3.84. The number of aromatic nitrogens is 3. The second-order valence-corrected chi connectivity index (χ2v) is 9.98. The Morgan fingerprint density at radius 2 is 2.03 bits per heavy atom. The number of carbonyl (C=O) groups is 1. The quantitative estimate of drug-likeness (QED) is 0.504. The molecule has 8 nitrogen and oxygen atoms in total. The van der Waals surface area contributed by atoms with Crippen LogP contribution in [0.15, 0.2) is 18.5 Å². The zero-order chi connectivity index (χ0) is 25.6. The lowest BCUT2D eigenvalue weighted by Crippen LogP contribution is -2.58. The van der Waals surface area contributed by atoms with Crippen molar-refractivity contribution < 1.29 is 31.5 Å². The number of nitrogens with two attached hydrogens (primary N) is 1. The van der Waals surface area contributed by atoms with Crippen molar-refractivity contribution in [1.82, 2.24) is 24.8 Å². The van der Waals surface area contributed by atoms with Crippen LogP contribution in [0.25, 0.3) is 5.65 Å². The highest BCUT2D eigenvalue weighted by Crippen LogP contribution is 2.42. The molecule has 4 rings (SSSR count). The monoisotopic (exact) mass is 504 g/mol. The Kier molecular flexibility index (Phi) is 6.68. The van der Waals surface area contributed by atoms with Crippen LogP contribution >= 0.6 is 0 Å². The summed E-state index contributed by atoms with van der Waals surface area (Å²) in [5, 5.41) is 6.48. The molecular weight excluding hydrogens is 475 g/mol. The normalized spacial score (nSPS) is 20.7. The van der Waals surface area contributed by atoms with E-state index in [0.29, 0.717) is 16.9 Å². The first-order chi connectivity index (χ1) is 16.3. The summed E-state index contributed by atoms with van der Waals surface area (Å²) in [6.45, 7) is 0.777. The Bertz CT molecular complexity index is 1070. The number of ether oxygens (including phenoxy) is 1. The SMILES string of the molecule is CC(C)(CC[C@H](N)c1cn2ncc([C@@H](COC3CC3)N3CC(F)(F)CNC3=O)cc2n1)C(F)(F)F. The number of fused-ring (bicyclic) bond motifs is 1. The highest BCUT2D eigenvalue weighted by atomic mass is 19.4. The first-order valence-corrected chi connectivity index (χ1v) is 11.5. The predicted octanol–water partition coefficient (Wildman–Crippen LogP) is 3.98. The number of alkyl halides is 5. The van der Waals surface area contributed by atoms with E-state index in [1.54, 1.807) is 6.07 Å². The van der Waals surface area contributed by atoms with Gasteiger partial charge in [0.15, 0.2) is 5.65 Å². The zero-order valence-corrected chi connectivity index (χ0v) is 19.5. The Labute approximate surface area is 199 Å². The standard InChI is InChI=1S/C22H29F5N6O2/c1-20(2,22(25,26)27)6-5-15(28)16-9-33-18(31-16)7-13(8-30-33)17(10-35-14-3-4-14)32-12-21(23,24)11-29-19(32)34/h7-9,14-15,17H,3-6,10-12,28H2,1-2H3,(H,29,34)/t15-,17+/m0/s1. The van der Waals surface area contributed by atoms with Crippen molar-refractivity contribution in [3.63, 3.8) is 0 Å². The summed E-state index contributed by atoms with van der Waals surface area (Å²) in [6.07, 6.45) is 0.293. The lowest BCUT2D eigenvalue weighted by molar-refractivity contribution is -0.214. The maximum atomic E-state index is 14.1. The number of hydrogen-bond acceptors (Lipinski definition) is 5. The van der Waals surface area contributed by atoms with Gasteiger partial charge in [-0.2, -0.15) is 18.3 Å². The average molecular weight is 505 g/mol. The van der Waals surface area contributed by atoms with Crippen LogP contribution in [-0.4, -0.2) is 63.4 Å². The maximum absolute atomic E-state index is 14.1. The minimum Gasteiger partial charge on any atom is -0.376 e. The van der Waals surface area contributed by atoms with E-state index >= 15 is 0 Å². The van der Waals surface area contributed by atoms with E-state index in [9.17, 15) is 26.7 Å². The third kappa shape index (κ3) is 5.83. The van der Waals surface area contributed by atoms with Gasteiger partial charge in [-0.15, -0.1) is 0 Å². The van der Waals surface area contributed by atoms with E-state index in [-0.39, 0.29) is 25.6 Å². The van der Waals surface area contributed by atoms with Gasteiger partial charge in [0.1, 0.15) is 0 Å². The maximum Gasteiger partial charge on any atom is 0.393 e. The predicted molar refractivity (Wildman–Crippen MR) is 116 cm³/mol. The minimum absolute atomic E-state index is 0.0195. The molecule has 3 N–H and O–H groups in total. The molecule has 35 heavy (non-hydrogen) atoms. The minimum atomic E-state index is -4.35. The third-order valence-electron chi connectivity index (χ3n) is 6.52. The number of nitrogens with one attached hydrogen (secondary N) is 1. The van der Waals surface area contributed by atoms with Gasteiger partial charge in [0.2, 0.25) is 0 Å². The molecular formula is C22H29F5N6O2. The Morgan fingerprint density at radius 1 is 1.31 bits per heavy atom. The topological polar surface area (TPSA) is 97.8 Å². The Hall–Kier alpha value is -2.54. The lowest BCUT2D eigenvalue weighted by atomic mass is 9.85. The summed E-state index contributed by atoms with van der Waals surface area (Å²) in [4.78, 5) is 17.9. The number of imidazole rings is 1. The van der Waals surface area contributed by atoms with Gasteiger partial charge in [0.25, 0.3) is 5.92 Å². The van der Waals surface area contributed by atoms with Gasteiger partial charge in [-0.3, -0.25) is 0 Å². The first-order valence-electron chi connectivity index (χ1n) is 11.5. The molecule has 1 aliphatic heterocycles. The molecule has 2 aromatic rings. The molecule has 2 aromatic heterocycles. The van der Waals surface area contributed by atoms with E-state index in [4.69, 9.17) is 10.5 Å². The van der Waals surface area contributed by atoms with Crippen LogP contribution < -0.4 is 11.1 Å². The largest absolute Gasteiger partial charge is 0.393 e. The zero-order valence-electron chi connectivity index (χ0n) is 19.5. The van der Waals surface area contributed by atoms with Crippen LogP contribution in [0, 0.1) is 5.41 Å². The molecule has 0 unspecified atom stereocenters. The highest BCUT2D eigenvalue weighted by Gasteiger charge is 2.47. The van der Waals surface area contributed by atoms with Gasteiger partial charge in [-0.25, -0.2) is 23.1 Å². The number of rotatable bonds is 9. The van der Waals surface area contributed by atoms with Gasteiger partial charge in [-0.1, -0.05) is 13.8 Å². The van der Waals surface area contributed by atoms with E-state index < -0.39 is 48.7 Å². The molecule has 2 fully saturated rings. The molecule has 0 radical (unpaired) electrons. The van der Waals surface area contributed by atoms with Crippen molar-refractivity contribution in [2.45, 2.75) is 69.8 Å². The number of hydrogen-bond donors (Lipinski definition) is 2. The summed E-state index contributed by atoms with van der Waals surface area (Å²) in [5.74, 6) is -3.10. The van der Waals surface area contributed by atoms with E-state index in [0.717, 1.165) is 31.6 Å². The molecule has 13 heteroatoms. The molecule has 1 saturated heterocycles. The van der Waals surface area contributed by atoms with Crippen LogP contribution in [-0.2, 0) is 4.74 Å². The van der Waals surface area contributed by atoms with Crippen LogP contribution in [0.2, 0.25) is 0 Å². The van der Waals surface area contributed by atoms with Crippen LogP contribution in [0.3, 0.4) is 0 Å². The van der Waals surface area contributed by atoms with Gasteiger partial charge < -0.3 is 20.7 Å². The molecule has 3 heterocycles. The van der Waals surface area contributed by atoms with Crippen molar-refractivity contribution in [3.05, 3.63) is 29.7 Å². The summed E-state index contributed by atoms with van der Waals surface area (Å²) in [5.41, 5.74) is 5.39. The van der Waals surface area contributed by atoms with Crippen molar-refractivity contribution in [2.24, 2.45) is 11.1 Å². The van der Waals surface area contributed by atoms with Gasteiger partial charge in [-0.05, 0) is 31.7 Å². The number of nitrogens with zero attached hydrogens (tertiary/aromatic N) is 4. The highest BCUT2D eigenvalue weighted by molar-refractivity contribution is 5.76. The summed E-state index contributed by atoms with van der Waals surface area (Å²) < 4.78 is 74.8. The van der Waals surface area contributed by atoms with Crippen molar-refractivity contribution >= 4 is 11.7 Å². The third-order valence-corrected chi connectivity index (χ3v) is 6.52. The molecule has 2 amide bonds. The molecule has 2 aliphatic rings. The molecule has 0 spiro atoms. The molecule has 2 atom stereocenters. The average Bonchev–Trinajstić information content (AvgIpc) is 3.49. The van der Waals surface area contributed by atoms with Crippen LogP contribution in [0.5, 0.6) is 0 Å². The Morgan fingerprint density at radius 3 is 2.69 bits per heavy atom. The van der Waals surface area contributed by atoms with Crippen molar-refractivity contribution in [1.29, 1.82) is 0 Å². The van der Waals surface area contributed by atoms with Crippen LogP contribution in [0.1, 0.15) is 62.9 Å². The van der Waals surface area contributed by atoms with E-state index in [1.165, 1.54) is 16.9 Å². The van der Waals surface area contributed by atoms with Crippen LogP contribution in [0.4, 0.5) is 26.7 Å². The fourth-order valence-electron chi connectivity index (χ4n) is 3.84. The molecule has 1 aliphatic carbocycles. The number of carbonyl (C=O) groups excluding carboxylic acids is 1. The second-order valence-electron chi connectivity index (χ2n) is 9.98. The summed E-state index contributed by atoms with van der Waals surface area (Å²) >= 11 is 0. The number of amides is 2. The fraction of sp³-hybridized carbons (Fsp3) is 0.682. The van der Waals surface area contributed by atoms with Gasteiger partial charge in [0, 0.05) is 11.6 Å². The number of halogens is 5. The second kappa shape index (κ2) is 9.16. The van der Waals surface area contributed by atoms with Gasteiger partial charge >= 0.3 is 12.2 Å². The molecule has 0 bridgehead atoms. The molecule has 194 valence electrons. The molecule has 0 aromatic carbocycles. The van der Waals surface area contributed by atoms with E-state index in [2.05, 4.69) is 15.4 Å². The molecule has 1 saturated carbocycles.